The Hall–Kier alpha value is -2.93. The van der Waals surface area contributed by atoms with Crippen molar-refractivity contribution in [2.75, 3.05) is 26.3 Å². The lowest BCUT2D eigenvalue weighted by atomic mass is 10.1. The van der Waals surface area contributed by atoms with E-state index in [2.05, 4.69) is 10.6 Å². The van der Waals surface area contributed by atoms with Gasteiger partial charge in [-0.2, -0.15) is 0 Å². The Morgan fingerprint density at radius 1 is 1.07 bits per heavy atom. The average molecular weight is 370 g/mol. The summed E-state index contributed by atoms with van der Waals surface area (Å²) in [6, 6.07) is 13.0. The Bertz CT molecular complexity index is 830. The van der Waals surface area contributed by atoms with Crippen molar-refractivity contribution >= 4 is 28.6 Å². The lowest BCUT2D eigenvalue weighted by Crippen LogP contribution is -2.36. The lowest BCUT2D eigenvalue weighted by Gasteiger charge is -2.11. The maximum absolute atomic E-state index is 12.2. The number of carbonyl (C=O) groups excluding carboxylic acids is 3. The molecular weight excluding hydrogens is 348 g/mol. The van der Waals surface area contributed by atoms with Gasteiger partial charge in [-0.25, -0.2) is 0 Å². The third kappa shape index (κ3) is 5.52. The van der Waals surface area contributed by atoms with E-state index in [4.69, 9.17) is 9.47 Å². The van der Waals surface area contributed by atoms with E-state index in [0.29, 0.717) is 18.7 Å². The molecule has 0 spiro atoms. The quantitative estimate of drug-likeness (QED) is 0.719. The van der Waals surface area contributed by atoms with Crippen LogP contribution in [0, 0.1) is 0 Å². The molecule has 0 bridgehead atoms. The summed E-state index contributed by atoms with van der Waals surface area (Å²) in [5.41, 5.74) is 0.454. The number of hydrogen-bond acceptors (Lipinski definition) is 5. The zero-order valence-electron chi connectivity index (χ0n) is 14.9. The van der Waals surface area contributed by atoms with Gasteiger partial charge in [0.15, 0.2) is 6.61 Å². The molecule has 1 aliphatic rings. The summed E-state index contributed by atoms with van der Waals surface area (Å²) in [6.07, 6.45) is 1.94. The minimum Gasteiger partial charge on any atom is -0.454 e. The SMILES string of the molecule is O=C(COC(=O)CNC(=O)c1ccc2ccccc2c1)NC[C@@H]1CCCO1. The van der Waals surface area contributed by atoms with Crippen molar-refractivity contribution in [2.45, 2.75) is 18.9 Å². The van der Waals surface area contributed by atoms with Crippen molar-refractivity contribution in [3.8, 4) is 0 Å². The number of amides is 2. The predicted octanol–water partition coefficient (Wildman–Crippen LogP) is 1.41. The molecule has 2 aromatic carbocycles. The number of benzene rings is 2. The van der Waals surface area contributed by atoms with Crippen LogP contribution in [0.25, 0.3) is 10.8 Å². The summed E-state index contributed by atoms with van der Waals surface area (Å²) in [5.74, 6) is -1.43. The van der Waals surface area contributed by atoms with Crippen LogP contribution in [0.5, 0.6) is 0 Å². The Balaban J connectivity index is 1.38. The van der Waals surface area contributed by atoms with Crippen LogP contribution in [0.1, 0.15) is 23.2 Å². The zero-order valence-corrected chi connectivity index (χ0v) is 14.9. The summed E-state index contributed by atoms with van der Waals surface area (Å²) < 4.78 is 10.3. The average Bonchev–Trinajstić information content (AvgIpc) is 3.22. The first-order valence-electron chi connectivity index (χ1n) is 8.93. The van der Waals surface area contributed by atoms with Crippen molar-refractivity contribution in [1.82, 2.24) is 10.6 Å². The Morgan fingerprint density at radius 2 is 1.89 bits per heavy atom. The molecule has 3 rings (SSSR count). The number of rotatable bonds is 7. The highest BCUT2D eigenvalue weighted by Gasteiger charge is 2.17. The van der Waals surface area contributed by atoms with Gasteiger partial charge < -0.3 is 20.1 Å². The zero-order chi connectivity index (χ0) is 19.1. The van der Waals surface area contributed by atoms with Crippen LogP contribution in [0.15, 0.2) is 42.5 Å². The minimum atomic E-state index is -0.670. The maximum atomic E-state index is 12.2. The van der Waals surface area contributed by atoms with Crippen LogP contribution in [0.4, 0.5) is 0 Å². The fourth-order valence-corrected chi connectivity index (χ4v) is 2.87. The predicted molar refractivity (Wildman–Crippen MR) is 99.2 cm³/mol. The van der Waals surface area contributed by atoms with E-state index in [1.165, 1.54) is 0 Å². The molecule has 0 aromatic heterocycles. The van der Waals surface area contributed by atoms with Crippen LogP contribution in [-0.4, -0.2) is 50.2 Å². The molecule has 7 nitrogen and oxygen atoms in total. The van der Waals surface area contributed by atoms with Crippen LogP contribution >= 0.6 is 0 Å². The third-order valence-corrected chi connectivity index (χ3v) is 4.32. The normalized spacial score (nSPS) is 16.1. The van der Waals surface area contributed by atoms with E-state index in [1.54, 1.807) is 12.1 Å². The molecule has 2 aromatic rings. The van der Waals surface area contributed by atoms with Gasteiger partial charge in [-0.3, -0.25) is 14.4 Å². The highest BCUT2D eigenvalue weighted by molar-refractivity contribution is 5.99. The highest BCUT2D eigenvalue weighted by Crippen LogP contribution is 2.15. The molecule has 7 heteroatoms. The molecule has 142 valence electrons. The van der Waals surface area contributed by atoms with Gasteiger partial charge in [-0.1, -0.05) is 30.3 Å². The number of esters is 1. The molecular formula is C20H22N2O5. The van der Waals surface area contributed by atoms with Gasteiger partial charge >= 0.3 is 5.97 Å². The monoisotopic (exact) mass is 370 g/mol. The smallest absolute Gasteiger partial charge is 0.325 e. The molecule has 1 aliphatic heterocycles. The van der Waals surface area contributed by atoms with E-state index < -0.39 is 5.97 Å². The van der Waals surface area contributed by atoms with Crippen molar-refractivity contribution in [1.29, 1.82) is 0 Å². The minimum absolute atomic E-state index is 0.0332. The fraction of sp³-hybridized carbons (Fsp3) is 0.350. The molecule has 1 atom stereocenters. The molecule has 1 saturated heterocycles. The number of fused-ring (bicyclic) bond motifs is 1. The van der Waals surface area contributed by atoms with Gasteiger partial charge in [0.25, 0.3) is 11.8 Å². The molecule has 0 unspecified atom stereocenters. The van der Waals surface area contributed by atoms with Gasteiger partial charge in [0, 0.05) is 18.7 Å². The number of ether oxygens (including phenoxy) is 2. The third-order valence-electron chi connectivity index (χ3n) is 4.32. The summed E-state index contributed by atoms with van der Waals surface area (Å²) in [4.78, 5) is 35.5. The Labute approximate surface area is 157 Å². The molecule has 2 N–H and O–H groups in total. The summed E-state index contributed by atoms with van der Waals surface area (Å²) in [5, 5.41) is 7.13. The van der Waals surface area contributed by atoms with Gasteiger partial charge in [-0.15, -0.1) is 0 Å². The second-order valence-corrected chi connectivity index (χ2v) is 6.34. The van der Waals surface area contributed by atoms with Crippen LogP contribution in [0.3, 0.4) is 0 Å². The van der Waals surface area contributed by atoms with E-state index in [1.807, 2.05) is 30.3 Å². The van der Waals surface area contributed by atoms with Crippen molar-refractivity contribution < 1.29 is 23.9 Å². The second kappa shape index (κ2) is 9.14. The largest absolute Gasteiger partial charge is 0.454 e. The summed E-state index contributed by atoms with van der Waals surface area (Å²) in [6.45, 7) is 0.448. The van der Waals surface area contributed by atoms with Crippen LogP contribution in [0.2, 0.25) is 0 Å². The second-order valence-electron chi connectivity index (χ2n) is 6.34. The van der Waals surface area contributed by atoms with Crippen LogP contribution in [-0.2, 0) is 19.1 Å². The topological polar surface area (TPSA) is 93.7 Å². The first-order chi connectivity index (χ1) is 13.1. The Morgan fingerprint density at radius 3 is 2.67 bits per heavy atom. The molecule has 2 amide bonds. The summed E-state index contributed by atoms with van der Waals surface area (Å²) in [7, 11) is 0. The maximum Gasteiger partial charge on any atom is 0.325 e. The molecule has 1 fully saturated rings. The standard InChI is InChI=1S/C20H22N2O5/c23-18(21-11-17-6-3-9-26-17)13-27-19(24)12-22-20(25)16-8-7-14-4-1-2-5-15(14)10-16/h1-2,4-5,7-8,10,17H,3,6,9,11-13H2,(H,21,23)(H,22,25)/t17-/m0/s1. The van der Waals surface area contributed by atoms with Crippen molar-refractivity contribution in [3.05, 3.63) is 48.0 Å². The Kier molecular flexibility index (Phi) is 6.38. The fourth-order valence-electron chi connectivity index (χ4n) is 2.87. The van der Waals surface area contributed by atoms with Gasteiger partial charge in [-0.05, 0) is 35.7 Å². The molecule has 0 aliphatic carbocycles. The number of carbonyl (C=O) groups is 3. The van der Waals surface area contributed by atoms with Crippen LogP contribution < -0.4 is 10.6 Å². The van der Waals surface area contributed by atoms with Gasteiger partial charge in [0.1, 0.15) is 6.54 Å². The lowest BCUT2D eigenvalue weighted by molar-refractivity contribution is -0.147. The van der Waals surface area contributed by atoms with E-state index in [-0.39, 0.29) is 31.1 Å². The highest BCUT2D eigenvalue weighted by atomic mass is 16.5. The molecule has 0 radical (unpaired) electrons. The first-order valence-corrected chi connectivity index (χ1v) is 8.93. The van der Waals surface area contributed by atoms with Gasteiger partial charge in [0.2, 0.25) is 0 Å². The molecule has 1 heterocycles. The summed E-state index contributed by atoms with van der Waals surface area (Å²) >= 11 is 0. The van der Waals surface area contributed by atoms with E-state index >= 15 is 0 Å². The number of hydrogen-bond donors (Lipinski definition) is 2. The van der Waals surface area contributed by atoms with Crippen molar-refractivity contribution in [3.63, 3.8) is 0 Å². The molecule has 27 heavy (non-hydrogen) atoms. The van der Waals surface area contributed by atoms with E-state index in [0.717, 1.165) is 23.6 Å². The number of nitrogens with one attached hydrogen (secondary N) is 2. The van der Waals surface area contributed by atoms with Gasteiger partial charge in [0.05, 0.1) is 6.10 Å². The van der Waals surface area contributed by atoms with E-state index in [9.17, 15) is 14.4 Å². The first kappa shape index (κ1) is 18.8. The van der Waals surface area contributed by atoms with Crippen molar-refractivity contribution in [2.24, 2.45) is 0 Å². The molecule has 0 saturated carbocycles.